The topological polar surface area (TPSA) is 91.0 Å². The first-order valence-corrected chi connectivity index (χ1v) is 5.11. The highest BCUT2D eigenvalue weighted by molar-refractivity contribution is 6.23. The van der Waals surface area contributed by atoms with Gasteiger partial charge in [0.15, 0.2) is 0 Å². The number of aliphatic imine (C=N–C) groups is 1. The molecule has 1 aromatic rings. The number of esters is 1. The zero-order valence-corrected chi connectivity index (χ0v) is 9.95. The van der Waals surface area contributed by atoms with Crippen LogP contribution in [-0.4, -0.2) is 30.8 Å². The minimum Gasteiger partial charge on any atom is -0.496 e. The fourth-order valence-electron chi connectivity index (χ4n) is 1.19. The lowest BCUT2D eigenvalue weighted by molar-refractivity contribution is -0.384. The van der Waals surface area contributed by atoms with E-state index in [4.69, 9.17) is 4.74 Å². The lowest BCUT2D eigenvalue weighted by atomic mass is 10.2. The van der Waals surface area contributed by atoms with E-state index < -0.39 is 10.9 Å². The molecule has 0 N–H and O–H groups in total. The van der Waals surface area contributed by atoms with Crippen LogP contribution < -0.4 is 4.74 Å². The molecule has 1 aromatic carbocycles. The van der Waals surface area contributed by atoms with Crippen molar-refractivity contribution >= 4 is 23.6 Å². The Morgan fingerprint density at radius 3 is 2.83 bits per heavy atom. The number of ether oxygens (including phenoxy) is 2. The normalized spacial score (nSPS) is 10.3. The highest BCUT2D eigenvalue weighted by atomic mass is 16.6. The Kier molecular flexibility index (Phi) is 4.79. The van der Waals surface area contributed by atoms with Gasteiger partial charge in [0, 0.05) is 0 Å². The second-order valence-electron chi connectivity index (χ2n) is 3.12. The van der Waals surface area contributed by atoms with Crippen molar-refractivity contribution in [1.82, 2.24) is 0 Å². The van der Waals surface area contributed by atoms with E-state index in [1.807, 2.05) is 0 Å². The van der Waals surface area contributed by atoms with Crippen molar-refractivity contribution in [2.75, 3.05) is 13.7 Å². The molecule has 0 aliphatic rings. The van der Waals surface area contributed by atoms with Crippen LogP contribution >= 0.6 is 0 Å². The lowest BCUT2D eigenvalue weighted by Crippen LogP contribution is -2.04. The molecule has 7 heteroatoms. The first-order valence-electron chi connectivity index (χ1n) is 5.11. The molecule has 0 amide bonds. The summed E-state index contributed by atoms with van der Waals surface area (Å²) in [5.41, 5.74) is -0.177. The fraction of sp³-hybridized carbons (Fsp3) is 0.273. The maximum absolute atomic E-state index is 11.1. The number of nitro benzene ring substituents is 1. The Morgan fingerprint density at radius 2 is 2.28 bits per heavy atom. The zero-order valence-electron chi connectivity index (χ0n) is 9.95. The number of nitro groups is 1. The molecule has 0 fully saturated rings. The van der Waals surface area contributed by atoms with Gasteiger partial charge < -0.3 is 9.47 Å². The summed E-state index contributed by atoms with van der Waals surface area (Å²) in [6, 6.07) is 4.15. The van der Waals surface area contributed by atoms with Crippen LogP contribution in [0.15, 0.2) is 23.2 Å². The summed E-state index contributed by atoms with van der Waals surface area (Å²) in [6.07, 6.45) is 0.901. The van der Waals surface area contributed by atoms with Gasteiger partial charge in [0.1, 0.15) is 17.7 Å². The van der Waals surface area contributed by atoms with Gasteiger partial charge in [0.2, 0.25) is 0 Å². The summed E-state index contributed by atoms with van der Waals surface area (Å²) in [5, 5.41) is 10.8. The lowest BCUT2D eigenvalue weighted by Gasteiger charge is -2.01. The van der Waals surface area contributed by atoms with Crippen LogP contribution in [0, 0.1) is 10.1 Å². The standard InChI is InChI=1S/C11H12N2O5/c1-3-18-11(14)7-12-9-5-4-8(17-2)6-10(9)13(15)16/h4-7H,3H2,1-2H3. The number of hydrogen-bond donors (Lipinski definition) is 0. The maximum atomic E-state index is 11.1. The highest BCUT2D eigenvalue weighted by Gasteiger charge is 2.14. The third kappa shape index (κ3) is 3.55. The van der Waals surface area contributed by atoms with Gasteiger partial charge in [0.05, 0.1) is 24.7 Å². The third-order valence-electron chi connectivity index (χ3n) is 1.97. The summed E-state index contributed by atoms with van der Waals surface area (Å²) in [7, 11) is 1.40. The van der Waals surface area contributed by atoms with Crippen molar-refractivity contribution in [2.45, 2.75) is 6.92 Å². The third-order valence-corrected chi connectivity index (χ3v) is 1.97. The molecule has 0 saturated carbocycles. The van der Waals surface area contributed by atoms with Gasteiger partial charge in [-0.3, -0.25) is 10.1 Å². The van der Waals surface area contributed by atoms with Crippen LogP contribution in [0.3, 0.4) is 0 Å². The molecule has 0 unspecified atom stereocenters. The minimum absolute atomic E-state index is 0.0638. The van der Waals surface area contributed by atoms with E-state index >= 15 is 0 Å². The van der Waals surface area contributed by atoms with Crippen molar-refractivity contribution in [2.24, 2.45) is 4.99 Å². The van der Waals surface area contributed by atoms with Crippen LogP contribution in [0.1, 0.15) is 6.92 Å². The van der Waals surface area contributed by atoms with E-state index in [1.54, 1.807) is 6.92 Å². The summed E-state index contributed by atoms with van der Waals surface area (Å²) < 4.78 is 9.50. The van der Waals surface area contributed by atoms with Gasteiger partial charge in [-0.05, 0) is 19.1 Å². The highest BCUT2D eigenvalue weighted by Crippen LogP contribution is 2.30. The number of rotatable bonds is 5. The molecule has 0 heterocycles. The Labute approximate surface area is 103 Å². The van der Waals surface area contributed by atoms with Crippen molar-refractivity contribution in [1.29, 1.82) is 0 Å². The first kappa shape index (κ1) is 13.6. The zero-order chi connectivity index (χ0) is 13.5. The molecule has 0 aliphatic carbocycles. The largest absolute Gasteiger partial charge is 0.496 e. The van der Waals surface area contributed by atoms with Gasteiger partial charge in [-0.1, -0.05) is 0 Å². The van der Waals surface area contributed by atoms with Gasteiger partial charge >= 0.3 is 5.97 Å². The molecular formula is C11H12N2O5. The Bertz CT molecular complexity index is 484. The van der Waals surface area contributed by atoms with Crippen LogP contribution in [0.5, 0.6) is 5.75 Å². The number of nitrogens with zero attached hydrogens (tertiary/aromatic N) is 2. The van der Waals surface area contributed by atoms with Crippen molar-refractivity contribution in [3.05, 3.63) is 28.3 Å². The van der Waals surface area contributed by atoms with Crippen LogP contribution in [-0.2, 0) is 9.53 Å². The van der Waals surface area contributed by atoms with Crippen LogP contribution in [0.2, 0.25) is 0 Å². The molecule has 0 bridgehead atoms. The van der Waals surface area contributed by atoms with Crippen LogP contribution in [0.4, 0.5) is 11.4 Å². The quantitative estimate of drug-likeness (QED) is 0.345. The number of methoxy groups -OCH3 is 1. The predicted octanol–water partition coefficient (Wildman–Crippen LogP) is 1.87. The van der Waals surface area contributed by atoms with Gasteiger partial charge in [-0.25, -0.2) is 9.79 Å². The molecule has 1 rings (SSSR count). The minimum atomic E-state index is -0.650. The van der Waals surface area contributed by atoms with E-state index in [0.717, 1.165) is 6.21 Å². The fourth-order valence-corrected chi connectivity index (χ4v) is 1.19. The molecule has 0 spiro atoms. The Morgan fingerprint density at radius 1 is 1.56 bits per heavy atom. The van der Waals surface area contributed by atoms with E-state index in [2.05, 4.69) is 9.73 Å². The Balaban J connectivity index is 3.01. The van der Waals surface area contributed by atoms with Crippen molar-refractivity contribution in [3.8, 4) is 5.75 Å². The molecule has 0 aliphatic heterocycles. The average molecular weight is 252 g/mol. The van der Waals surface area contributed by atoms with Crippen molar-refractivity contribution in [3.63, 3.8) is 0 Å². The number of benzene rings is 1. The molecule has 0 radical (unpaired) electrons. The van der Waals surface area contributed by atoms with Gasteiger partial charge in [-0.15, -0.1) is 0 Å². The number of carbonyl (C=O) groups excluding carboxylic acids is 1. The maximum Gasteiger partial charge on any atom is 0.349 e. The average Bonchev–Trinajstić information content (AvgIpc) is 2.36. The number of carbonyl (C=O) groups is 1. The molecule has 0 atom stereocenters. The second-order valence-corrected chi connectivity index (χ2v) is 3.12. The summed E-state index contributed by atoms with van der Waals surface area (Å²) in [6.45, 7) is 1.87. The molecule has 18 heavy (non-hydrogen) atoms. The van der Waals surface area contributed by atoms with Crippen LogP contribution in [0.25, 0.3) is 0 Å². The molecular weight excluding hydrogens is 240 g/mol. The monoisotopic (exact) mass is 252 g/mol. The number of hydrogen-bond acceptors (Lipinski definition) is 6. The van der Waals surface area contributed by atoms with E-state index in [0.29, 0.717) is 5.75 Å². The SMILES string of the molecule is CCOC(=O)C=Nc1ccc(OC)cc1[N+](=O)[O-]. The first-order chi connectivity index (χ1) is 8.58. The second kappa shape index (κ2) is 6.33. The van der Waals surface area contributed by atoms with Crippen molar-refractivity contribution < 1.29 is 19.2 Å². The molecule has 0 saturated heterocycles. The summed E-state index contributed by atoms with van der Waals surface area (Å²) >= 11 is 0. The van der Waals surface area contributed by atoms with E-state index in [9.17, 15) is 14.9 Å². The summed E-state index contributed by atoms with van der Waals surface area (Å²) in [5.74, 6) is -0.306. The van der Waals surface area contributed by atoms with Gasteiger partial charge in [-0.2, -0.15) is 0 Å². The Hall–Kier alpha value is -2.44. The smallest absolute Gasteiger partial charge is 0.349 e. The molecule has 0 aromatic heterocycles. The molecule has 7 nitrogen and oxygen atoms in total. The summed E-state index contributed by atoms with van der Waals surface area (Å²) in [4.78, 5) is 25.0. The van der Waals surface area contributed by atoms with E-state index in [1.165, 1.54) is 25.3 Å². The van der Waals surface area contributed by atoms with E-state index in [-0.39, 0.29) is 18.0 Å². The predicted molar refractivity (Wildman–Crippen MR) is 64.4 cm³/mol. The molecule has 96 valence electrons. The van der Waals surface area contributed by atoms with Gasteiger partial charge in [0.25, 0.3) is 5.69 Å².